The number of hydrogen-bond donors (Lipinski definition) is 2. The number of likely N-dealkylation sites (N-methyl/N-ethyl adjacent to an activating group) is 1. The van der Waals surface area contributed by atoms with Gasteiger partial charge in [0.05, 0.1) is 23.3 Å². The van der Waals surface area contributed by atoms with Crippen molar-refractivity contribution in [1.82, 2.24) is 30.0 Å². The molecule has 10 nitrogen and oxygen atoms in total. The molecule has 2 N–H and O–H groups in total. The van der Waals surface area contributed by atoms with Crippen LogP contribution in [0, 0.1) is 6.92 Å². The van der Waals surface area contributed by atoms with Crippen molar-refractivity contribution >= 4 is 17.5 Å². The number of aryl methyl sites for hydroxylation is 1. The first kappa shape index (κ1) is 20.7. The van der Waals surface area contributed by atoms with Crippen molar-refractivity contribution < 1.29 is 14.4 Å². The van der Waals surface area contributed by atoms with E-state index in [0.29, 0.717) is 35.3 Å². The first-order valence-corrected chi connectivity index (χ1v) is 10.4. The van der Waals surface area contributed by atoms with E-state index in [2.05, 4.69) is 30.4 Å². The average molecular weight is 443 g/mol. The Bertz CT molecular complexity index is 1340. The summed E-state index contributed by atoms with van der Waals surface area (Å²) in [5.74, 6) is 0.370. The predicted molar refractivity (Wildman–Crippen MR) is 119 cm³/mol. The Morgan fingerprint density at radius 2 is 1.94 bits per heavy atom. The second-order valence-corrected chi connectivity index (χ2v) is 7.96. The minimum atomic E-state index is -1.67. The SMILES string of the molecule is Cc1cncc(Nc2nccc(-c3cccc(-c4cc(C5(O)CCN(C)C5=O)no4)n3)n2)c1. The largest absolute Gasteiger partial charge is 0.374 e. The number of amides is 1. The normalized spacial score (nSPS) is 18.0. The van der Waals surface area contributed by atoms with Crippen LogP contribution in [-0.4, -0.2) is 54.6 Å². The Kier molecular flexibility index (Phi) is 5.06. The Hall–Kier alpha value is -4.18. The lowest BCUT2D eigenvalue weighted by Gasteiger charge is -2.16. The van der Waals surface area contributed by atoms with Gasteiger partial charge in [0.15, 0.2) is 11.4 Å². The van der Waals surface area contributed by atoms with Crippen molar-refractivity contribution in [3.05, 3.63) is 66.2 Å². The maximum absolute atomic E-state index is 12.3. The molecule has 33 heavy (non-hydrogen) atoms. The Balaban J connectivity index is 1.42. The third-order valence-electron chi connectivity index (χ3n) is 5.49. The van der Waals surface area contributed by atoms with Gasteiger partial charge in [-0.1, -0.05) is 11.2 Å². The van der Waals surface area contributed by atoms with Crippen molar-refractivity contribution in [2.75, 3.05) is 18.9 Å². The highest BCUT2D eigenvalue weighted by atomic mass is 16.5. The Morgan fingerprint density at radius 3 is 2.73 bits per heavy atom. The standard InChI is InChI=1S/C23H21N7O3/c1-14-10-15(13-24-12-14)26-22-25-8-6-17(28-22)16-4-3-5-18(27-16)19-11-20(29-33-19)23(32)7-9-30(2)21(23)31/h3-6,8,10-13,32H,7,9H2,1-2H3,(H,25,26,28). The van der Waals surface area contributed by atoms with E-state index in [-0.39, 0.29) is 12.1 Å². The molecule has 1 amide bonds. The summed E-state index contributed by atoms with van der Waals surface area (Å²) < 4.78 is 5.42. The van der Waals surface area contributed by atoms with Gasteiger partial charge in [0, 0.05) is 38.5 Å². The molecule has 10 heteroatoms. The molecular formula is C23H21N7O3. The van der Waals surface area contributed by atoms with Gasteiger partial charge in [-0.3, -0.25) is 9.78 Å². The van der Waals surface area contributed by atoms with Gasteiger partial charge in [0.1, 0.15) is 11.4 Å². The van der Waals surface area contributed by atoms with Crippen molar-refractivity contribution in [3.8, 4) is 22.8 Å². The second kappa shape index (κ2) is 8.06. The number of likely N-dealkylation sites (tertiary alicyclic amines) is 1. The van der Waals surface area contributed by atoms with Gasteiger partial charge < -0.3 is 19.8 Å². The number of aromatic nitrogens is 5. The zero-order valence-electron chi connectivity index (χ0n) is 18.1. The average Bonchev–Trinajstić information content (AvgIpc) is 3.42. The van der Waals surface area contributed by atoms with Gasteiger partial charge >= 0.3 is 0 Å². The molecule has 0 radical (unpaired) electrons. The number of carbonyl (C=O) groups is 1. The minimum absolute atomic E-state index is 0.180. The van der Waals surface area contributed by atoms with Gasteiger partial charge in [-0.2, -0.15) is 0 Å². The van der Waals surface area contributed by atoms with Crippen LogP contribution in [0.5, 0.6) is 0 Å². The smallest absolute Gasteiger partial charge is 0.260 e. The number of pyridine rings is 2. The first-order chi connectivity index (χ1) is 15.9. The summed E-state index contributed by atoms with van der Waals surface area (Å²) in [5.41, 5.74) is 2.03. The number of nitrogens with zero attached hydrogens (tertiary/aromatic N) is 6. The van der Waals surface area contributed by atoms with Gasteiger partial charge in [-0.15, -0.1) is 0 Å². The van der Waals surface area contributed by atoms with Gasteiger partial charge in [-0.05, 0) is 36.8 Å². The fraction of sp³-hybridized carbons (Fsp3) is 0.217. The highest BCUT2D eigenvalue weighted by molar-refractivity contribution is 5.88. The van der Waals surface area contributed by atoms with E-state index in [4.69, 9.17) is 4.52 Å². The molecule has 0 saturated carbocycles. The summed E-state index contributed by atoms with van der Waals surface area (Å²) in [6.07, 6.45) is 5.37. The summed E-state index contributed by atoms with van der Waals surface area (Å²) in [5, 5.41) is 17.9. The summed E-state index contributed by atoms with van der Waals surface area (Å²) in [7, 11) is 1.65. The Morgan fingerprint density at radius 1 is 1.12 bits per heavy atom. The summed E-state index contributed by atoms with van der Waals surface area (Å²) in [6, 6.07) is 10.7. The van der Waals surface area contributed by atoms with Crippen LogP contribution in [0.1, 0.15) is 17.7 Å². The van der Waals surface area contributed by atoms with Crippen molar-refractivity contribution in [2.45, 2.75) is 18.9 Å². The number of nitrogens with one attached hydrogen (secondary N) is 1. The lowest BCUT2D eigenvalue weighted by atomic mass is 9.97. The van der Waals surface area contributed by atoms with E-state index in [1.807, 2.05) is 25.1 Å². The van der Waals surface area contributed by atoms with Crippen LogP contribution >= 0.6 is 0 Å². The van der Waals surface area contributed by atoms with Crippen molar-refractivity contribution in [1.29, 1.82) is 0 Å². The summed E-state index contributed by atoms with van der Waals surface area (Å²) in [6.45, 7) is 2.41. The highest BCUT2D eigenvalue weighted by Gasteiger charge is 2.47. The maximum Gasteiger partial charge on any atom is 0.260 e. The van der Waals surface area contributed by atoms with E-state index >= 15 is 0 Å². The highest BCUT2D eigenvalue weighted by Crippen LogP contribution is 2.34. The van der Waals surface area contributed by atoms with E-state index in [1.165, 1.54) is 4.90 Å². The lowest BCUT2D eigenvalue weighted by molar-refractivity contribution is -0.143. The molecule has 166 valence electrons. The third kappa shape index (κ3) is 3.92. The fourth-order valence-corrected chi connectivity index (χ4v) is 3.71. The molecule has 5 heterocycles. The molecule has 1 fully saturated rings. The molecule has 4 aromatic heterocycles. The molecule has 1 unspecified atom stereocenters. The number of hydrogen-bond acceptors (Lipinski definition) is 9. The van der Waals surface area contributed by atoms with Crippen LogP contribution in [0.25, 0.3) is 22.8 Å². The van der Waals surface area contributed by atoms with Crippen LogP contribution in [0.3, 0.4) is 0 Å². The second-order valence-electron chi connectivity index (χ2n) is 7.96. The number of anilines is 2. The maximum atomic E-state index is 12.3. The van der Waals surface area contributed by atoms with Crippen molar-refractivity contribution in [2.24, 2.45) is 0 Å². The third-order valence-corrected chi connectivity index (χ3v) is 5.49. The molecule has 0 bridgehead atoms. The molecule has 0 aromatic carbocycles. The molecule has 0 aliphatic carbocycles. The van der Waals surface area contributed by atoms with E-state index in [0.717, 1.165) is 11.3 Å². The number of aliphatic hydroxyl groups is 1. The Labute approximate surface area is 189 Å². The quantitative estimate of drug-likeness (QED) is 0.478. The molecule has 1 atom stereocenters. The molecule has 1 aliphatic rings. The molecular weight excluding hydrogens is 422 g/mol. The van der Waals surface area contributed by atoms with Gasteiger partial charge in [0.25, 0.3) is 5.91 Å². The zero-order chi connectivity index (χ0) is 23.0. The van der Waals surface area contributed by atoms with Crippen LogP contribution < -0.4 is 5.32 Å². The monoisotopic (exact) mass is 443 g/mol. The van der Waals surface area contributed by atoms with Gasteiger partial charge in [-0.25, -0.2) is 15.0 Å². The first-order valence-electron chi connectivity index (χ1n) is 10.4. The number of carbonyl (C=O) groups excluding carboxylic acids is 1. The molecule has 0 spiro atoms. The van der Waals surface area contributed by atoms with Crippen LogP contribution in [0.4, 0.5) is 11.6 Å². The van der Waals surface area contributed by atoms with Crippen molar-refractivity contribution in [3.63, 3.8) is 0 Å². The van der Waals surface area contributed by atoms with E-state index in [9.17, 15) is 9.90 Å². The number of rotatable bonds is 5. The minimum Gasteiger partial charge on any atom is -0.374 e. The molecule has 4 aromatic rings. The molecule has 1 aliphatic heterocycles. The summed E-state index contributed by atoms with van der Waals surface area (Å²) in [4.78, 5) is 31.4. The van der Waals surface area contributed by atoms with Crippen LogP contribution in [0.2, 0.25) is 0 Å². The molecule has 1 saturated heterocycles. The lowest BCUT2D eigenvalue weighted by Crippen LogP contribution is -2.36. The zero-order valence-corrected chi connectivity index (χ0v) is 18.1. The van der Waals surface area contributed by atoms with E-state index < -0.39 is 11.5 Å². The predicted octanol–water partition coefficient (Wildman–Crippen LogP) is 2.69. The fourth-order valence-electron chi connectivity index (χ4n) is 3.71. The topological polar surface area (TPSA) is 130 Å². The van der Waals surface area contributed by atoms with Crippen LogP contribution in [-0.2, 0) is 10.4 Å². The van der Waals surface area contributed by atoms with Crippen LogP contribution in [0.15, 0.2) is 59.5 Å². The molecule has 5 rings (SSSR count). The summed E-state index contributed by atoms with van der Waals surface area (Å²) >= 11 is 0. The van der Waals surface area contributed by atoms with E-state index in [1.54, 1.807) is 43.8 Å². The van der Waals surface area contributed by atoms with Gasteiger partial charge in [0.2, 0.25) is 5.95 Å².